The van der Waals surface area contributed by atoms with Gasteiger partial charge in [-0.05, 0) is 42.8 Å². The molecule has 0 aliphatic carbocycles. The second kappa shape index (κ2) is 7.97. The first kappa shape index (κ1) is 20.2. The molecule has 0 bridgehead atoms. The molecule has 30 heavy (non-hydrogen) atoms. The third-order valence-corrected chi connectivity index (χ3v) is 6.23. The Balaban J connectivity index is 1.77. The Bertz CT molecular complexity index is 1240. The van der Waals surface area contributed by atoms with Gasteiger partial charge in [0.05, 0.1) is 23.4 Å². The molecule has 0 N–H and O–H groups in total. The SMILES string of the molecule is COc1cccc(C=C2SC(=S)N(c3c(C)n(C)n(-c4ccccc4)c3=O)C2=O)c1. The van der Waals surface area contributed by atoms with Gasteiger partial charge >= 0.3 is 0 Å². The van der Waals surface area contributed by atoms with E-state index in [9.17, 15) is 9.59 Å². The minimum absolute atomic E-state index is 0.276. The lowest BCUT2D eigenvalue weighted by Crippen LogP contribution is -2.33. The van der Waals surface area contributed by atoms with Gasteiger partial charge in [0.25, 0.3) is 11.5 Å². The van der Waals surface area contributed by atoms with Gasteiger partial charge in [-0.1, -0.05) is 54.3 Å². The minimum atomic E-state index is -0.307. The van der Waals surface area contributed by atoms with Gasteiger partial charge in [0, 0.05) is 7.05 Å². The Kier molecular flexibility index (Phi) is 5.36. The largest absolute Gasteiger partial charge is 0.497 e. The van der Waals surface area contributed by atoms with Gasteiger partial charge in [0.1, 0.15) is 11.4 Å². The third kappa shape index (κ3) is 3.38. The number of amides is 1. The molecule has 0 spiro atoms. The van der Waals surface area contributed by atoms with E-state index in [1.807, 2.05) is 54.6 Å². The molecule has 1 aromatic heterocycles. The molecule has 0 atom stereocenters. The van der Waals surface area contributed by atoms with E-state index in [1.54, 1.807) is 31.8 Å². The van der Waals surface area contributed by atoms with Crippen LogP contribution >= 0.6 is 24.0 Å². The Labute approximate surface area is 183 Å². The van der Waals surface area contributed by atoms with Crippen LogP contribution in [0.3, 0.4) is 0 Å². The maximum atomic E-state index is 13.3. The van der Waals surface area contributed by atoms with Crippen molar-refractivity contribution in [2.45, 2.75) is 6.92 Å². The predicted octanol–water partition coefficient (Wildman–Crippen LogP) is 3.90. The van der Waals surface area contributed by atoms with Crippen molar-refractivity contribution in [2.75, 3.05) is 12.0 Å². The molecule has 2 heterocycles. The highest BCUT2D eigenvalue weighted by Crippen LogP contribution is 2.36. The summed E-state index contributed by atoms with van der Waals surface area (Å²) in [6.07, 6.45) is 1.76. The van der Waals surface area contributed by atoms with Crippen molar-refractivity contribution in [2.24, 2.45) is 7.05 Å². The second-order valence-corrected chi connectivity index (χ2v) is 8.38. The van der Waals surface area contributed by atoms with Crippen LogP contribution in [0.5, 0.6) is 5.75 Å². The van der Waals surface area contributed by atoms with Crippen LogP contribution < -0.4 is 15.2 Å². The molecule has 1 aliphatic heterocycles. The van der Waals surface area contributed by atoms with Crippen molar-refractivity contribution in [1.29, 1.82) is 0 Å². The van der Waals surface area contributed by atoms with Crippen LogP contribution in [0.15, 0.2) is 64.3 Å². The zero-order valence-electron chi connectivity index (χ0n) is 16.7. The molecule has 1 saturated heterocycles. The minimum Gasteiger partial charge on any atom is -0.497 e. The summed E-state index contributed by atoms with van der Waals surface area (Å²) in [5, 5.41) is 0. The number of ether oxygens (including phenoxy) is 1. The number of thiocarbonyl (C=S) groups is 1. The summed E-state index contributed by atoms with van der Waals surface area (Å²) in [5.74, 6) is 0.391. The number of carbonyl (C=O) groups excluding carboxylic acids is 1. The first-order valence-electron chi connectivity index (χ1n) is 9.18. The number of carbonyl (C=O) groups is 1. The number of rotatable bonds is 4. The van der Waals surface area contributed by atoms with E-state index in [4.69, 9.17) is 17.0 Å². The van der Waals surface area contributed by atoms with Gasteiger partial charge in [-0.2, -0.15) is 0 Å². The van der Waals surface area contributed by atoms with E-state index >= 15 is 0 Å². The van der Waals surface area contributed by atoms with Gasteiger partial charge < -0.3 is 4.74 Å². The maximum absolute atomic E-state index is 13.3. The van der Waals surface area contributed by atoms with Gasteiger partial charge in [0.15, 0.2) is 4.32 Å². The lowest BCUT2D eigenvalue weighted by molar-refractivity contribution is -0.113. The fraction of sp³-hybridized carbons (Fsp3) is 0.136. The number of hydrogen-bond donors (Lipinski definition) is 0. The van der Waals surface area contributed by atoms with Crippen molar-refractivity contribution < 1.29 is 9.53 Å². The number of methoxy groups -OCH3 is 1. The van der Waals surface area contributed by atoms with Crippen molar-refractivity contribution in [3.63, 3.8) is 0 Å². The highest BCUT2D eigenvalue weighted by Gasteiger charge is 2.37. The van der Waals surface area contributed by atoms with Crippen LogP contribution in [-0.2, 0) is 11.8 Å². The molecule has 152 valence electrons. The number of nitrogens with zero attached hydrogens (tertiary/aromatic N) is 3. The summed E-state index contributed by atoms with van der Waals surface area (Å²) in [7, 11) is 3.38. The van der Waals surface area contributed by atoms with Crippen LogP contribution in [-0.4, -0.2) is 26.7 Å². The standard InChI is InChI=1S/C22H19N3O3S2/c1-14-19(21(27)25(23(14)2)16-9-5-4-6-10-16)24-20(26)18(30-22(24)29)13-15-8-7-11-17(12-15)28-3/h4-13H,1-3H3. The number of thioether (sulfide) groups is 1. The molecule has 0 unspecified atom stereocenters. The molecule has 1 amide bonds. The van der Waals surface area contributed by atoms with E-state index in [1.165, 1.54) is 21.3 Å². The molecular formula is C22H19N3O3S2. The smallest absolute Gasteiger partial charge is 0.296 e. The highest BCUT2D eigenvalue weighted by atomic mass is 32.2. The van der Waals surface area contributed by atoms with Crippen LogP contribution in [0.25, 0.3) is 11.8 Å². The van der Waals surface area contributed by atoms with E-state index < -0.39 is 0 Å². The zero-order chi connectivity index (χ0) is 21.4. The molecule has 0 radical (unpaired) electrons. The zero-order valence-corrected chi connectivity index (χ0v) is 18.3. The first-order valence-corrected chi connectivity index (χ1v) is 10.4. The van der Waals surface area contributed by atoms with E-state index in [0.717, 1.165) is 11.3 Å². The molecule has 1 fully saturated rings. The van der Waals surface area contributed by atoms with Crippen molar-refractivity contribution in [1.82, 2.24) is 9.36 Å². The summed E-state index contributed by atoms with van der Waals surface area (Å²) >= 11 is 6.66. The Morgan fingerprint density at radius 3 is 2.50 bits per heavy atom. The van der Waals surface area contributed by atoms with Crippen molar-refractivity contribution in [3.8, 4) is 11.4 Å². The summed E-state index contributed by atoms with van der Waals surface area (Å²) in [4.78, 5) is 28.3. The van der Waals surface area contributed by atoms with Crippen molar-refractivity contribution in [3.05, 3.63) is 81.1 Å². The fourth-order valence-corrected chi connectivity index (χ4v) is 4.63. The quantitative estimate of drug-likeness (QED) is 0.458. The normalized spacial score (nSPS) is 15.3. The van der Waals surface area contributed by atoms with Gasteiger partial charge in [-0.25, -0.2) is 4.68 Å². The van der Waals surface area contributed by atoms with Crippen LogP contribution in [0.4, 0.5) is 5.69 Å². The fourth-order valence-electron chi connectivity index (χ4n) is 3.35. The highest BCUT2D eigenvalue weighted by molar-refractivity contribution is 8.27. The summed E-state index contributed by atoms with van der Waals surface area (Å²) in [6.45, 7) is 1.81. The third-order valence-electron chi connectivity index (χ3n) is 4.93. The van der Waals surface area contributed by atoms with Gasteiger partial charge in [-0.3, -0.25) is 19.2 Å². The molecule has 1 aliphatic rings. The number of benzene rings is 2. The first-order chi connectivity index (χ1) is 14.4. The second-order valence-electron chi connectivity index (χ2n) is 6.70. The lowest BCUT2D eigenvalue weighted by atomic mass is 10.2. The van der Waals surface area contributed by atoms with E-state index in [2.05, 4.69) is 0 Å². The number of para-hydroxylation sites is 1. The number of hydrogen-bond acceptors (Lipinski definition) is 5. The van der Waals surface area contributed by atoms with Crippen molar-refractivity contribution >= 4 is 46.0 Å². The molecular weight excluding hydrogens is 418 g/mol. The summed E-state index contributed by atoms with van der Waals surface area (Å²) in [6, 6.07) is 16.7. The van der Waals surface area contributed by atoms with Gasteiger partial charge in [-0.15, -0.1) is 0 Å². The van der Waals surface area contributed by atoms with Gasteiger partial charge in [0.2, 0.25) is 0 Å². The monoisotopic (exact) mass is 437 g/mol. The van der Waals surface area contributed by atoms with E-state index in [-0.39, 0.29) is 17.2 Å². The Morgan fingerprint density at radius 1 is 1.07 bits per heavy atom. The average molecular weight is 438 g/mol. The lowest BCUT2D eigenvalue weighted by Gasteiger charge is -2.12. The number of anilines is 1. The molecule has 6 nitrogen and oxygen atoms in total. The summed E-state index contributed by atoms with van der Waals surface area (Å²) in [5.41, 5.74) is 2.18. The van der Waals surface area contributed by atoms with E-state index in [0.29, 0.717) is 20.7 Å². The average Bonchev–Trinajstić information content (AvgIpc) is 3.14. The topological polar surface area (TPSA) is 56.5 Å². The predicted molar refractivity (Wildman–Crippen MR) is 124 cm³/mol. The molecule has 0 saturated carbocycles. The Hall–Kier alpha value is -3.10. The summed E-state index contributed by atoms with van der Waals surface area (Å²) < 4.78 is 8.85. The molecule has 4 rings (SSSR count). The van der Waals surface area contributed by atoms with Crippen LogP contribution in [0.1, 0.15) is 11.3 Å². The molecule has 8 heteroatoms. The molecule has 3 aromatic rings. The van der Waals surface area contributed by atoms with Crippen LogP contribution in [0, 0.1) is 6.92 Å². The Morgan fingerprint density at radius 2 is 1.80 bits per heavy atom. The van der Waals surface area contributed by atoms with Crippen LogP contribution in [0.2, 0.25) is 0 Å². The maximum Gasteiger partial charge on any atom is 0.296 e. The molecule has 2 aromatic carbocycles. The number of aromatic nitrogens is 2.